The highest BCUT2D eigenvalue weighted by molar-refractivity contribution is 9.10. The van der Waals surface area contributed by atoms with Crippen LogP contribution in [0.3, 0.4) is 0 Å². The van der Waals surface area contributed by atoms with Crippen LogP contribution in [-0.2, 0) is 4.79 Å². The molecule has 0 saturated heterocycles. The third-order valence-electron chi connectivity index (χ3n) is 2.89. The summed E-state index contributed by atoms with van der Waals surface area (Å²) in [7, 11) is 0. The number of carbonyl (C=O) groups is 1. The topological polar surface area (TPSA) is 53.5 Å². The van der Waals surface area contributed by atoms with Crippen LogP contribution in [0.2, 0.25) is 0 Å². The van der Waals surface area contributed by atoms with Crippen molar-refractivity contribution in [3.63, 3.8) is 0 Å². The predicted molar refractivity (Wildman–Crippen MR) is 97.1 cm³/mol. The molecule has 0 fully saturated rings. The zero-order valence-corrected chi connectivity index (χ0v) is 15.1. The first-order valence-corrected chi connectivity index (χ1v) is 8.22. The fourth-order valence-corrected chi connectivity index (χ4v) is 2.39. The van der Waals surface area contributed by atoms with Crippen LogP contribution in [0, 0.1) is 0 Å². The lowest BCUT2D eigenvalue weighted by molar-refractivity contribution is -0.119. The number of nitrogens with zero attached hydrogens (tertiary/aromatic N) is 1. The summed E-state index contributed by atoms with van der Waals surface area (Å²) in [5.74, 6) is -0.198. The van der Waals surface area contributed by atoms with E-state index in [0.29, 0.717) is 0 Å². The van der Waals surface area contributed by atoms with E-state index in [2.05, 4.69) is 47.7 Å². The summed E-state index contributed by atoms with van der Waals surface area (Å²) >= 11 is 6.77. The molecule has 0 spiro atoms. The third kappa shape index (κ3) is 5.27. The summed E-state index contributed by atoms with van der Waals surface area (Å²) in [6, 6.07) is 15.4. The molecule has 0 saturated carbocycles. The summed E-state index contributed by atoms with van der Waals surface area (Å²) in [6.45, 7) is 2.01. The maximum Gasteiger partial charge on any atom is 0.259 e. The van der Waals surface area contributed by atoms with Crippen molar-refractivity contribution in [1.29, 1.82) is 0 Å². The molecule has 2 rings (SSSR count). The summed E-state index contributed by atoms with van der Waals surface area (Å²) in [6.07, 6.45) is 0. The lowest BCUT2D eigenvalue weighted by Crippen LogP contribution is -2.26. The molecule has 0 aliphatic rings. The highest BCUT2D eigenvalue weighted by atomic mass is 79.9. The molecular formula is C16H15Br2N3O. The molecule has 0 aromatic heterocycles. The number of anilines is 1. The average Bonchev–Trinajstić information content (AvgIpc) is 2.51. The SMILES string of the molecule is CC(=NNC(=O)CNc1cccc(Br)c1)c1ccc(Br)cc1. The second kappa shape index (κ2) is 8.10. The molecule has 0 aliphatic carbocycles. The Hall–Kier alpha value is -1.66. The van der Waals surface area contributed by atoms with Crippen molar-refractivity contribution >= 4 is 49.2 Å². The first kappa shape index (κ1) is 16.7. The van der Waals surface area contributed by atoms with Gasteiger partial charge in [0.2, 0.25) is 0 Å². The molecule has 0 bridgehead atoms. The van der Waals surface area contributed by atoms with Crippen molar-refractivity contribution in [3.05, 3.63) is 63.0 Å². The van der Waals surface area contributed by atoms with E-state index in [1.165, 1.54) is 0 Å². The van der Waals surface area contributed by atoms with Crippen LogP contribution in [-0.4, -0.2) is 18.2 Å². The Balaban J connectivity index is 1.86. The van der Waals surface area contributed by atoms with Crippen molar-refractivity contribution in [2.45, 2.75) is 6.92 Å². The van der Waals surface area contributed by atoms with Gasteiger partial charge in [0, 0.05) is 14.6 Å². The van der Waals surface area contributed by atoms with Crippen LogP contribution < -0.4 is 10.7 Å². The van der Waals surface area contributed by atoms with E-state index in [4.69, 9.17) is 0 Å². The van der Waals surface area contributed by atoms with Gasteiger partial charge < -0.3 is 5.32 Å². The fraction of sp³-hybridized carbons (Fsp3) is 0.125. The number of amides is 1. The van der Waals surface area contributed by atoms with Crippen LogP contribution in [0.1, 0.15) is 12.5 Å². The number of halogens is 2. The van der Waals surface area contributed by atoms with Crippen molar-refractivity contribution in [2.75, 3.05) is 11.9 Å². The third-order valence-corrected chi connectivity index (χ3v) is 3.91. The van der Waals surface area contributed by atoms with Gasteiger partial charge in [-0.3, -0.25) is 4.79 Å². The van der Waals surface area contributed by atoms with E-state index in [9.17, 15) is 4.79 Å². The van der Waals surface area contributed by atoms with Gasteiger partial charge in [-0.2, -0.15) is 5.10 Å². The van der Waals surface area contributed by atoms with E-state index >= 15 is 0 Å². The van der Waals surface area contributed by atoms with Crippen molar-refractivity contribution in [2.24, 2.45) is 5.10 Å². The Labute approximate surface area is 146 Å². The summed E-state index contributed by atoms with van der Waals surface area (Å²) in [5.41, 5.74) is 5.13. The van der Waals surface area contributed by atoms with Gasteiger partial charge in [0.25, 0.3) is 5.91 Å². The molecule has 4 nitrogen and oxygen atoms in total. The molecule has 0 radical (unpaired) electrons. The highest BCUT2D eigenvalue weighted by Crippen LogP contribution is 2.15. The summed E-state index contributed by atoms with van der Waals surface area (Å²) < 4.78 is 1.97. The first-order chi connectivity index (χ1) is 10.5. The average molecular weight is 425 g/mol. The number of carbonyl (C=O) groups excluding carboxylic acids is 1. The molecule has 0 atom stereocenters. The van der Waals surface area contributed by atoms with Crippen LogP contribution >= 0.6 is 31.9 Å². The van der Waals surface area contributed by atoms with Gasteiger partial charge in [-0.15, -0.1) is 0 Å². The van der Waals surface area contributed by atoms with Crippen molar-refractivity contribution in [1.82, 2.24) is 5.43 Å². The Kier molecular flexibility index (Phi) is 6.15. The van der Waals surface area contributed by atoms with Gasteiger partial charge >= 0.3 is 0 Å². The van der Waals surface area contributed by atoms with Crippen LogP contribution in [0.25, 0.3) is 0 Å². The second-order valence-corrected chi connectivity index (χ2v) is 6.43. The Bertz CT molecular complexity index is 684. The molecule has 0 unspecified atom stereocenters. The van der Waals surface area contributed by atoms with Gasteiger partial charge in [-0.05, 0) is 42.8 Å². The van der Waals surface area contributed by atoms with Crippen LogP contribution in [0.5, 0.6) is 0 Å². The number of hydrogen-bond acceptors (Lipinski definition) is 3. The summed E-state index contributed by atoms with van der Waals surface area (Å²) in [4.78, 5) is 11.8. The standard InChI is InChI=1S/C16H15Br2N3O/c1-11(12-5-7-13(17)8-6-12)20-21-16(22)10-19-15-4-2-3-14(18)9-15/h2-9,19H,10H2,1H3,(H,21,22). The maximum atomic E-state index is 11.8. The lowest BCUT2D eigenvalue weighted by atomic mass is 10.1. The number of hydrazone groups is 1. The van der Waals surface area contributed by atoms with Gasteiger partial charge in [-0.25, -0.2) is 5.43 Å². The second-order valence-electron chi connectivity index (χ2n) is 4.60. The Morgan fingerprint density at radius 2 is 1.82 bits per heavy atom. The minimum atomic E-state index is -0.198. The normalized spacial score (nSPS) is 11.1. The van der Waals surface area contributed by atoms with Gasteiger partial charge in [0.1, 0.15) is 0 Å². The highest BCUT2D eigenvalue weighted by Gasteiger charge is 2.02. The van der Waals surface area contributed by atoms with E-state index in [1.807, 2.05) is 55.5 Å². The number of hydrogen-bond donors (Lipinski definition) is 2. The quantitative estimate of drug-likeness (QED) is 0.559. The molecule has 0 heterocycles. The van der Waals surface area contributed by atoms with Gasteiger partial charge in [-0.1, -0.05) is 50.1 Å². The van der Waals surface area contributed by atoms with Gasteiger partial charge in [0.15, 0.2) is 0 Å². The number of nitrogens with one attached hydrogen (secondary N) is 2. The Morgan fingerprint density at radius 1 is 1.09 bits per heavy atom. The molecule has 114 valence electrons. The zero-order chi connectivity index (χ0) is 15.9. The van der Waals surface area contributed by atoms with E-state index < -0.39 is 0 Å². The van der Waals surface area contributed by atoms with E-state index in [-0.39, 0.29) is 12.5 Å². The minimum absolute atomic E-state index is 0.160. The molecule has 6 heteroatoms. The smallest absolute Gasteiger partial charge is 0.259 e. The van der Waals surface area contributed by atoms with Crippen molar-refractivity contribution < 1.29 is 4.79 Å². The molecular weight excluding hydrogens is 410 g/mol. The van der Waals surface area contributed by atoms with E-state index in [0.717, 1.165) is 25.9 Å². The predicted octanol–water partition coefficient (Wildman–Crippen LogP) is 4.16. The number of rotatable bonds is 5. The van der Waals surface area contributed by atoms with Crippen LogP contribution in [0.15, 0.2) is 62.6 Å². The van der Waals surface area contributed by atoms with Crippen LogP contribution in [0.4, 0.5) is 5.69 Å². The number of benzene rings is 2. The zero-order valence-electron chi connectivity index (χ0n) is 11.9. The minimum Gasteiger partial charge on any atom is -0.376 e. The lowest BCUT2D eigenvalue weighted by Gasteiger charge is -2.06. The molecule has 2 aromatic carbocycles. The Morgan fingerprint density at radius 3 is 2.50 bits per heavy atom. The monoisotopic (exact) mass is 423 g/mol. The van der Waals surface area contributed by atoms with E-state index in [1.54, 1.807) is 0 Å². The molecule has 1 amide bonds. The molecule has 22 heavy (non-hydrogen) atoms. The van der Waals surface area contributed by atoms with Gasteiger partial charge in [0.05, 0.1) is 12.3 Å². The maximum absolute atomic E-state index is 11.8. The summed E-state index contributed by atoms with van der Waals surface area (Å²) in [5, 5.41) is 7.15. The molecule has 2 aromatic rings. The fourth-order valence-electron chi connectivity index (χ4n) is 1.72. The molecule has 0 aliphatic heterocycles. The largest absolute Gasteiger partial charge is 0.376 e. The molecule has 2 N–H and O–H groups in total. The first-order valence-electron chi connectivity index (χ1n) is 6.63. The van der Waals surface area contributed by atoms with Crippen molar-refractivity contribution in [3.8, 4) is 0 Å².